The molecule has 9 heteroatoms. The quantitative estimate of drug-likeness (QED) is 0.443. The Labute approximate surface area is 172 Å². The highest BCUT2D eigenvalue weighted by molar-refractivity contribution is 6.00. The van der Waals surface area contributed by atoms with Crippen molar-refractivity contribution in [3.63, 3.8) is 0 Å². The number of carbonyl (C=O) groups excluding carboxylic acids is 3. The molecule has 0 aliphatic carbocycles. The Morgan fingerprint density at radius 1 is 1.20 bits per heavy atom. The summed E-state index contributed by atoms with van der Waals surface area (Å²) in [6.45, 7) is 3.27. The molecule has 1 heterocycles. The van der Waals surface area contributed by atoms with Gasteiger partial charge in [0, 0.05) is 30.8 Å². The third-order valence-corrected chi connectivity index (χ3v) is 4.86. The molecular weight excluding hydrogens is 390 g/mol. The van der Waals surface area contributed by atoms with Gasteiger partial charge in [-0.15, -0.1) is 0 Å². The zero-order valence-corrected chi connectivity index (χ0v) is 16.6. The van der Waals surface area contributed by atoms with Gasteiger partial charge in [0.2, 0.25) is 5.91 Å². The first-order valence-electron chi connectivity index (χ1n) is 9.33. The van der Waals surface area contributed by atoms with E-state index in [2.05, 4.69) is 5.32 Å². The molecule has 9 nitrogen and oxygen atoms in total. The fourth-order valence-corrected chi connectivity index (χ4v) is 3.14. The molecule has 0 bridgehead atoms. The lowest BCUT2D eigenvalue weighted by Gasteiger charge is -2.16. The van der Waals surface area contributed by atoms with E-state index in [1.807, 2.05) is 31.2 Å². The summed E-state index contributed by atoms with van der Waals surface area (Å²) in [7, 11) is 0. The number of hydrogen-bond donors (Lipinski definition) is 1. The molecule has 1 aliphatic heterocycles. The Morgan fingerprint density at radius 3 is 2.57 bits per heavy atom. The first kappa shape index (κ1) is 21.0. The van der Waals surface area contributed by atoms with Crippen molar-refractivity contribution in [1.82, 2.24) is 0 Å². The van der Waals surface area contributed by atoms with Crippen molar-refractivity contribution in [3.05, 3.63) is 63.7 Å². The van der Waals surface area contributed by atoms with E-state index < -0.39 is 29.3 Å². The molecule has 0 spiro atoms. The van der Waals surface area contributed by atoms with Gasteiger partial charge in [-0.3, -0.25) is 24.5 Å². The van der Waals surface area contributed by atoms with Crippen molar-refractivity contribution in [2.45, 2.75) is 20.3 Å². The molecule has 0 radical (unpaired) electrons. The van der Waals surface area contributed by atoms with E-state index in [4.69, 9.17) is 4.74 Å². The summed E-state index contributed by atoms with van der Waals surface area (Å²) in [5.41, 5.74) is 2.52. The monoisotopic (exact) mass is 411 g/mol. The Kier molecular flexibility index (Phi) is 6.10. The Balaban J connectivity index is 1.55. The first-order chi connectivity index (χ1) is 14.2. The number of benzene rings is 2. The van der Waals surface area contributed by atoms with Crippen LogP contribution in [0.1, 0.15) is 17.5 Å². The van der Waals surface area contributed by atoms with Crippen molar-refractivity contribution in [3.8, 4) is 0 Å². The number of aryl methyl sites for hydroxylation is 2. The molecule has 0 saturated carbocycles. The van der Waals surface area contributed by atoms with E-state index >= 15 is 0 Å². The average molecular weight is 411 g/mol. The van der Waals surface area contributed by atoms with Crippen molar-refractivity contribution >= 4 is 34.8 Å². The molecular formula is C21H21N3O6. The van der Waals surface area contributed by atoms with Crippen LogP contribution in [0.4, 0.5) is 17.1 Å². The van der Waals surface area contributed by atoms with Gasteiger partial charge in [-0.1, -0.05) is 23.8 Å². The van der Waals surface area contributed by atoms with Crippen LogP contribution in [0.25, 0.3) is 0 Å². The number of ether oxygens (including phenoxy) is 1. The zero-order chi connectivity index (χ0) is 21.8. The number of rotatable bonds is 6. The van der Waals surface area contributed by atoms with Crippen molar-refractivity contribution in [2.75, 3.05) is 23.4 Å². The van der Waals surface area contributed by atoms with Gasteiger partial charge in [-0.05, 0) is 31.5 Å². The molecule has 3 rings (SSSR count). The zero-order valence-electron chi connectivity index (χ0n) is 16.6. The fourth-order valence-electron chi connectivity index (χ4n) is 3.14. The molecule has 0 aromatic heterocycles. The number of carbonyl (C=O) groups is 3. The lowest BCUT2D eigenvalue weighted by Crippen LogP contribution is -2.28. The van der Waals surface area contributed by atoms with Crippen LogP contribution in [0.3, 0.4) is 0 Å². The second-order valence-corrected chi connectivity index (χ2v) is 7.15. The molecule has 1 fully saturated rings. The maximum Gasteiger partial charge on any atom is 0.311 e. The summed E-state index contributed by atoms with van der Waals surface area (Å²) in [4.78, 5) is 48.5. The topological polar surface area (TPSA) is 119 Å². The average Bonchev–Trinajstić information content (AvgIpc) is 3.10. The van der Waals surface area contributed by atoms with Crippen molar-refractivity contribution < 1.29 is 24.0 Å². The van der Waals surface area contributed by atoms with Crippen LogP contribution in [0, 0.1) is 29.9 Å². The van der Waals surface area contributed by atoms with Crippen LogP contribution < -0.4 is 10.2 Å². The van der Waals surface area contributed by atoms with Crippen LogP contribution in [0.2, 0.25) is 0 Å². The SMILES string of the molecule is Cc1ccc(N2C[C@H](C(=O)OCC(=O)Nc3cc([N+](=O)[O-])ccc3C)CC2=O)cc1. The lowest BCUT2D eigenvalue weighted by atomic mass is 10.1. The van der Waals surface area contributed by atoms with Crippen molar-refractivity contribution in [1.29, 1.82) is 0 Å². The highest BCUT2D eigenvalue weighted by Crippen LogP contribution is 2.26. The summed E-state index contributed by atoms with van der Waals surface area (Å²) in [5, 5.41) is 13.4. The smallest absolute Gasteiger partial charge is 0.311 e. The van der Waals surface area contributed by atoms with Crippen LogP contribution in [0.5, 0.6) is 0 Å². The van der Waals surface area contributed by atoms with Crippen LogP contribution in [-0.4, -0.2) is 35.9 Å². The number of nitrogens with zero attached hydrogens (tertiary/aromatic N) is 2. The lowest BCUT2D eigenvalue weighted by molar-refractivity contribution is -0.384. The Morgan fingerprint density at radius 2 is 1.90 bits per heavy atom. The standard InChI is InChI=1S/C21H21N3O6/c1-13-3-6-16(7-4-13)23-11-15(9-20(23)26)21(27)30-12-19(25)22-18-10-17(24(28)29)8-5-14(18)2/h3-8,10,15H,9,11-12H2,1-2H3,(H,22,25)/t15-/m1/s1. The number of hydrogen-bond acceptors (Lipinski definition) is 6. The molecule has 30 heavy (non-hydrogen) atoms. The summed E-state index contributed by atoms with van der Waals surface area (Å²) in [6.07, 6.45) is 0.0122. The van der Waals surface area contributed by atoms with E-state index in [9.17, 15) is 24.5 Å². The molecule has 1 aliphatic rings. The third-order valence-electron chi connectivity index (χ3n) is 4.86. The second kappa shape index (κ2) is 8.73. The van der Waals surface area contributed by atoms with Gasteiger partial charge in [-0.2, -0.15) is 0 Å². The number of non-ortho nitro benzene ring substituents is 1. The largest absolute Gasteiger partial charge is 0.455 e. The van der Waals surface area contributed by atoms with Gasteiger partial charge < -0.3 is 15.0 Å². The normalized spacial score (nSPS) is 15.7. The maximum atomic E-state index is 12.3. The highest BCUT2D eigenvalue weighted by Gasteiger charge is 2.36. The third kappa shape index (κ3) is 4.80. The van der Waals surface area contributed by atoms with Gasteiger partial charge in [0.25, 0.3) is 11.6 Å². The number of esters is 1. The molecule has 1 N–H and O–H groups in total. The van der Waals surface area contributed by atoms with Crippen LogP contribution in [-0.2, 0) is 19.1 Å². The van der Waals surface area contributed by atoms with E-state index in [0.717, 1.165) is 5.56 Å². The second-order valence-electron chi connectivity index (χ2n) is 7.15. The van der Waals surface area contributed by atoms with Crippen LogP contribution in [0.15, 0.2) is 42.5 Å². The molecule has 2 aromatic carbocycles. The molecule has 0 unspecified atom stereocenters. The number of anilines is 2. The van der Waals surface area contributed by atoms with E-state index in [-0.39, 0.29) is 30.2 Å². The predicted molar refractivity (Wildman–Crippen MR) is 109 cm³/mol. The molecule has 1 saturated heterocycles. The minimum Gasteiger partial charge on any atom is -0.455 e. The summed E-state index contributed by atoms with van der Waals surface area (Å²) >= 11 is 0. The molecule has 1 atom stereocenters. The molecule has 2 aromatic rings. The fraction of sp³-hybridized carbons (Fsp3) is 0.286. The predicted octanol–water partition coefficient (Wildman–Crippen LogP) is 2.75. The van der Waals surface area contributed by atoms with E-state index in [1.54, 1.807) is 6.92 Å². The van der Waals surface area contributed by atoms with E-state index in [0.29, 0.717) is 11.3 Å². The number of nitro benzene ring substituents is 1. The summed E-state index contributed by atoms with van der Waals surface area (Å²) in [6, 6.07) is 11.5. The Bertz CT molecular complexity index is 1000. The van der Waals surface area contributed by atoms with Gasteiger partial charge in [0.15, 0.2) is 6.61 Å². The molecule has 156 valence electrons. The van der Waals surface area contributed by atoms with E-state index in [1.165, 1.54) is 23.1 Å². The van der Waals surface area contributed by atoms with Gasteiger partial charge in [-0.25, -0.2) is 0 Å². The summed E-state index contributed by atoms with van der Waals surface area (Å²) in [5.74, 6) is -2.10. The summed E-state index contributed by atoms with van der Waals surface area (Å²) < 4.78 is 5.07. The number of amides is 2. The minimum absolute atomic E-state index is 0.0122. The minimum atomic E-state index is -0.661. The maximum absolute atomic E-state index is 12.3. The highest BCUT2D eigenvalue weighted by atomic mass is 16.6. The van der Waals surface area contributed by atoms with Gasteiger partial charge >= 0.3 is 5.97 Å². The van der Waals surface area contributed by atoms with Crippen molar-refractivity contribution in [2.24, 2.45) is 5.92 Å². The number of nitro groups is 1. The Hall–Kier alpha value is -3.75. The molecule has 2 amide bonds. The van der Waals surface area contributed by atoms with Gasteiger partial charge in [0.1, 0.15) is 0 Å². The van der Waals surface area contributed by atoms with Crippen LogP contribution >= 0.6 is 0 Å². The first-order valence-corrected chi connectivity index (χ1v) is 9.33. The number of nitrogens with one attached hydrogen (secondary N) is 1. The van der Waals surface area contributed by atoms with Gasteiger partial charge in [0.05, 0.1) is 16.5 Å².